The summed E-state index contributed by atoms with van der Waals surface area (Å²) >= 11 is 7.23. The second-order valence-corrected chi connectivity index (χ2v) is 10.5. The Hall–Kier alpha value is -2.30. The first-order valence-electron chi connectivity index (χ1n) is 9.24. The van der Waals surface area contributed by atoms with E-state index < -0.39 is 9.84 Å². The third-order valence-corrected chi connectivity index (χ3v) is 7.63. The van der Waals surface area contributed by atoms with Gasteiger partial charge in [0.1, 0.15) is 5.76 Å². The molecule has 1 N–H and O–H groups in total. The number of aromatic nitrogens is 3. The van der Waals surface area contributed by atoms with E-state index >= 15 is 0 Å². The summed E-state index contributed by atoms with van der Waals surface area (Å²) in [5.41, 5.74) is 0.839. The lowest BCUT2D eigenvalue weighted by atomic mass is 10.2. The summed E-state index contributed by atoms with van der Waals surface area (Å²) in [7, 11) is -3.04. The van der Waals surface area contributed by atoms with Crippen LogP contribution in [0, 0.1) is 0 Å². The molecule has 0 spiro atoms. The Morgan fingerprint density at radius 1 is 1.27 bits per heavy atom. The molecule has 1 amide bonds. The van der Waals surface area contributed by atoms with Gasteiger partial charge in [-0.2, -0.15) is 0 Å². The van der Waals surface area contributed by atoms with Gasteiger partial charge < -0.3 is 9.73 Å². The largest absolute Gasteiger partial charge is 0.467 e. The normalized spacial score (nSPS) is 17.8. The summed E-state index contributed by atoms with van der Waals surface area (Å²) in [4.78, 5) is 12.3. The molecule has 11 heteroatoms. The van der Waals surface area contributed by atoms with E-state index in [1.807, 2.05) is 22.8 Å². The van der Waals surface area contributed by atoms with E-state index in [4.69, 9.17) is 16.0 Å². The molecule has 1 aliphatic rings. The van der Waals surface area contributed by atoms with Crippen LogP contribution in [0.1, 0.15) is 12.2 Å². The highest BCUT2D eigenvalue weighted by Gasteiger charge is 2.29. The number of carbonyl (C=O) groups excluding carboxylic acids is 1. The number of hydrogen-bond donors (Lipinski definition) is 1. The fraction of sp³-hybridized carbons (Fsp3) is 0.316. The number of nitrogens with zero attached hydrogens (tertiary/aromatic N) is 3. The maximum Gasteiger partial charge on any atom is 0.230 e. The minimum atomic E-state index is -3.04. The van der Waals surface area contributed by atoms with E-state index in [1.165, 1.54) is 11.8 Å². The maximum absolute atomic E-state index is 12.3. The van der Waals surface area contributed by atoms with Crippen LogP contribution < -0.4 is 5.32 Å². The summed E-state index contributed by atoms with van der Waals surface area (Å²) in [6, 6.07) is 10.6. The zero-order chi connectivity index (χ0) is 21.1. The van der Waals surface area contributed by atoms with Gasteiger partial charge in [0.05, 0.1) is 30.1 Å². The van der Waals surface area contributed by atoms with Gasteiger partial charge >= 0.3 is 0 Å². The Morgan fingerprint density at radius 2 is 2.07 bits per heavy atom. The third kappa shape index (κ3) is 5.05. The van der Waals surface area contributed by atoms with Crippen LogP contribution in [-0.4, -0.2) is 52.4 Å². The van der Waals surface area contributed by atoms with Crippen LogP contribution in [0.5, 0.6) is 0 Å². The van der Waals surface area contributed by atoms with Crippen LogP contribution in [0.3, 0.4) is 0 Å². The van der Waals surface area contributed by atoms with Gasteiger partial charge in [-0.3, -0.25) is 9.36 Å². The lowest BCUT2D eigenvalue weighted by Crippen LogP contribution is -2.36. The number of nitrogens with one attached hydrogen (secondary N) is 1. The van der Waals surface area contributed by atoms with Crippen LogP contribution in [0.15, 0.2) is 52.2 Å². The molecule has 1 atom stereocenters. The van der Waals surface area contributed by atoms with Crippen molar-refractivity contribution in [1.29, 1.82) is 0 Å². The number of hydrogen-bond acceptors (Lipinski definition) is 7. The molecule has 8 nitrogen and oxygen atoms in total. The minimum absolute atomic E-state index is 0.00119. The van der Waals surface area contributed by atoms with Crippen molar-refractivity contribution >= 4 is 39.1 Å². The van der Waals surface area contributed by atoms with Crippen LogP contribution in [0.25, 0.3) is 11.4 Å². The van der Waals surface area contributed by atoms with Gasteiger partial charge in [-0.25, -0.2) is 8.42 Å². The molecular weight excluding hydrogens is 448 g/mol. The lowest BCUT2D eigenvalue weighted by molar-refractivity contribution is -0.119. The van der Waals surface area contributed by atoms with Gasteiger partial charge in [0.15, 0.2) is 20.8 Å². The van der Waals surface area contributed by atoms with Gasteiger partial charge in [-0.15, -0.1) is 10.2 Å². The third-order valence-electron chi connectivity index (χ3n) is 4.64. The molecule has 0 unspecified atom stereocenters. The molecule has 3 heterocycles. The van der Waals surface area contributed by atoms with Crippen molar-refractivity contribution in [2.45, 2.75) is 24.2 Å². The summed E-state index contributed by atoms with van der Waals surface area (Å²) in [5, 5.41) is 12.5. The molecule has 3 aromatic rings. The Balaban J connectivity index is 1.49. The molecule has 1 aliphatic heterocycles. The molecule has 1 aromatic carbocycles. The monoisotopic (exact) mass is 466 g/mol. The predicted octanol–water partition coefficient (Wildman–Crippen LogP) is 2.64. The van der Waals surface area contributed by atoms with Crippen LogP contribution in [0.2, 0.25) is 5.02 Å². The maximum atomic E-state index is 12.3. The van der Waals surface area contributed by atoms with Crippen molar-refractivity contribution in [3.8, 4) is 11.4 Å². The number of sulfone groups is 1. The van der Waals surface area contributed by atoms with E-state index in [0.717, 1.165) is 11.3 Å². The smallest absolute Gasteiger partial charge is 0.230 e. The Bertz CT molecular complexity index is 1130. The Kier molecular flexibility index (Phi) is 6.16. The van der Waals surface area contributed by atoms with Crippen molar-refractivity contribution in [2.24, 2.45) is 0 Å². The highest BCUT2D eigenvalue weighted by Crippen LogP contribution is 2.26. The van der Waals surface area contributed by atoms with Crippen molar-refractivity contribution in [1.82, 2.24) is 20.1 Å². The van der Waals surface area contributed by atoms with Crippen LogP contribution in [-0.2, 0) is 21.2 Å². The molecule has 30 heavy (non-hydrogen) atoms. The van der Waals surface area contributed by atoms with E-state index in [-0.39, 0.29) is 29.2 Å². The minimum Gasteiger partial charge on any atom is -0.467 e. The van der Waals surface area contributed by atoms with Gasteiger partial charge in [0, 0.05) is 16.6 Å². The highest BCUT2D eigenvalue weighted by atomic mass is 35.5. The Morgan fingerprint density at radius 3 is 2.73 bits per heavy atom. The topological polar surface area (TPSA) is 107 Å². The van der Waals surface area contributed by atoms with E-state index in [0.29, 0.717) is 29.0 Å². The molecule has 4 rings (SSSR count). The number of carbonyl (C=O) groups is 1. The zero-order valence-corrected chi connectivity index (χ0v) is 18.2. The fourth-order valence-electron chi connectivity index (χ4n) is 3.22. The number of furan rings is 1. The predicted molar refractivity (Wildman–Crippen MR) is 114 cm³/mol. The average Bonchev–Trinajstić information content (AvgIpc) is 3.42. The number of halogens is 1. The number of thioether (sulfide) groups is 1. The summed E-state index contributed by atoms with van der Waals surface area (Å²) in [6.07, 6.45) is 2.05. The van der Waals surface area contributed by atoms with Crippen LogP contribution in [0.4, 0.5) is 0 Å². The van der Waals surface area contributed by atoms with Gasteiger partial charge in [-0.1, -0.05) is 23.4 Å². The molecule has 1 fully saturated rings. The Labute approximate surface area is 182 Å². The molecule has 0 saturated carbocycles. The molecule has 2 aromatic heterocycles. The van der Waals surface area contributed by atoms with Gasteiger partial charge in [0.25, 0.3) is 0 Å². The fourth-order valence-corrected chi connectivity index (χ4v) is 5.77. The second kappa shape index (κ2) is 8.83. The molecule has 158 valence electrons. The summed E-state index contributed by atoms with van der Waals surface area (Å²) in [6.45, 7) is 0.406. The number of rotatable bonds is 7. The number of benzene rings is 1. The lowest BCUT2D eigenvalue weighted by Gasteiger charge is -2.11. The summed E-state index contributed by atoms with van der Waals surface area (Å²) < 4.78 is 30.5. The first-order chi connectivity index (χ1) is 14.4. The SMILES string of the molecule is O=C(CSc1nnc(-c2ccc(Cl)cc2)n1Cc1ccco1)N[C@@H]1CCS(=O)(=O)C1. The van der Waals surface area contributed by atoms with Gasteiger partial charge in [-0.05, 0) is 42.8 Å². The summed E-state index contributed by atoms with van der Waals surface area (Å²) in [5.74, 6) is 1.35. The van der Waals surface area contributed by atoms with E-state index in [9.17, 15) is 13.2 Å². The van der Waals surface area contributed by atoms with E-state index in [1.54, 1.807) is 24.5 Å². The number of amides is 1. The first kappa shape index (κ1) is 21.0. The van der Waals surface area contributed by atoms with E-state index in [2.05, 4.69) is 15.5 Å². The quantitative estimate of drug-likeness (QED) is 0.533. The standard InChI is InChI=1S/C19H19ClN4O4S2/c20-14-5-3-13(4-6-14)18-22-23-19(24(18)10-16-2-1-8-28-16)29-11-17(25)21-15-7-9-30(26,27)12-15/h1-6,8,15H,7,9-12H2,(H,21,25)/t15-/m1/s1. The molecular formula is C19H19ClN4O4S2. The second-order valence-electron chi connectivity index (χ2n) is 6.93. The molecule has 0 radical (unpaired) electrons. The molecule has 0 bridgehead atoms. The molecule has 0 aliphatic carbocycles. The van der Waals surface area contributed by atoms with Crippen molar-refractivity contribution in [3.05, 3.63) is 53.4 Å². The van der Waals surface area contributed by atoms with Crippen molar-refractivity contribution < 1.29 is 17.6 Å². The van der Waals surface area contributed by atoms with Crippen molar-refractivity contribution in [2.75, 3.05) is 17.3 Å². The molecule has 1 saturated heterocycles. The van der Waals surface area contributed by atoms with Gasteiger partial charge in [0.2, 0.25) is 5.91 Å². The highest BCUT2D eigenvalue weighted by molar-refractivity contribution is 7.99. The first-order valence-corrected chi connectivity index (χ1v) is 12.4. The van der Waals surface area contributed by atoms with Crippen molar-refractivity contribution in [3.63, 3.8) is 0 Å². The average molecular weight is 467 g/mol. The zero-order valence-electron chi connectivity index (χ0n) is 15.8. The van der Waals surface area contributed by atoms with Crippen LogP contribution >= 0.6 is 23.4 Å².